The van der Waals surface area contributed by atoms with Gasteiger partial charge in [0.15, 0.2) is 0 Å². The predicted molar refractivity (Wildman–Crippen MR) is 76.4 cm³/mol. The molecule has 1 aromatic rings. The van der Waals surface area contributed by atoms with Crippen molar-refractivity contribution < 1.29 is 4.74 Å². The van der Waals surface area contributed by atoms with Gasteiger partial charge in [0, 0.05) is 38.1 Å². The molecule has 1 fully saturated rings. The number of fused-ring (bicyclic) bond motifs is 1. The third-order valence-corrected chi connectivity index (χ3v) is 4.42. The summed E-state index contributed by atoms with van der Waals surface area (Å²) in [6, 6.07) is 0.542. The van der Waals surface area contributed by atoms with E-state index in [1.165, 1.54) is 30.4 Å². The molecule has 2 atom stereocenters. The fourth-order valence-electron chi connectivity index (χ4n) is 3.37. The number of rotatable bonds is 3. The Labute approximate surface area is 115 Å². The first-order valence-electron chi connectivity index (χ1n) is 7.42. The van der Waals surface area contributed by atoms with Crippen LogP contribution in [0.4, 0.5) is 0 Å². The summed E-state index contributed by atoms with van der Waals surface area (Å²) in [5.41, 5.74) is 3.02. The van der Waals surface area contributed by atoms with E-state index in [0.29, 0.717) is 12.1 Å². The highest BCUT2D eigenvalue weighted by molar-refractivity contribution is 5.30. The molecular weight excluding hydrogens is 238 g/mol. The molecule has 0 amide bonds. The monoisotopic (exact) mass is 263 g/mol. The number of hydrogen-bond donors (Lipinski definition) is 1. The number of nitrogens with one attached hydrogen (secondary N) is 1. The van der Waals surface area contributed by atoms with Gasteiger partial charge in [0.2, 0.25) is 0 Å². The molecule has 1 saturated heterocycles. The molecule has 1 N–H and O–H groups in total. The van der Waals surface area contributed by atoms with Crippen LogP contribution in [-0.2, 0) is 17.7 Å². The van der Waals surface area contributed by atoms with Crippen molar-refractivity contribution in [3.63, 3.8) is 0 Å². The van der Waals surface area contributed by atoms with Crippen molar-refractivity contribution in [3.05, 3.63) is 23.5 Å². The summed E-state index contributed by atoms with van der Waals surface area (Å²) in [6.07, 6.45) is 8.78. The molecule has 1 aromatic heterocycles. The number of aryl methyl sites for hydroxylation is 1. The number of hydrogen-bond acceptors (Lipinski definition) is 3. The maximum absolute atomic E-state index is 5.86. The van der Waals surface area contributed by atoms with Gasteiger partial charge in [-0.2, -0.15) is 0 Å². The van der Waals surface area contributed by atoms with Crippen molar-refractivity contribution in [2.24, 2.45) is 0 Å². The van der Waals surface area contributed by atoms with Gasteiger partial charge in [0.25, 0.3) is 0 Å². The highest BCUT2D eigenvalue weighted by Crippen LogP contribution is 2.30. The molecule has 1 aliphatic carbocycles. The summed E-state index contributed by atoms with van der Waals surface area (Å²) >= 11 is 0. The van der Waals surface area contributed by atoms with E-state index in [9.17, 15) is 0 Å². The Morgan fingerprint density at radius 2 is 2.32 bits per heavy atom. The van der Waals surface area contributed by atoms with Crippen LogP contribution in [-0.4, -0.2) is 49.4 Å². The minimum Gasteiger partial charge on any atom is -0.374 e. The maximum Gasteiger partial charge on any atom is 0.0880 e. The largest absolute Gasteiger partial charge is 0.374 e. The highest BCUT2D eigenvalue weighted by atomic mass is 16.5. The molecule has 0 bridgehead atoms. The van der Waals surface area contributed by atoms with E-state index in [1.54, 1.807) is 0 Å². The molecular formula is C15H25N3O. The van der Waals surface area contributed by atoms with Crippen molar-refractivity contribution in [1.29, 1.82) is 0 Å². The van der Waals surface area contributed by atoms with E-state index in [-0.39, 0.29) is 0 Å². The molecule has 2 unspecified atom stereocenters. The third kappa shape index (κ3) is 2.86. The predicted octanol–water partition coefficient (Wildman–Crippen LogP) is 1.42. The first-order valence-corrected chi connectivity index (χ1v) is 7.42. The SMILES string of the molecule is CNC1CCCc2cn(CC3CN(C)CCO3)cc21. The molecule has 0 saturated carbocycles. The van der Waals surface area contributed by atoms with Gasteiger partial charge >= 0.3 is 0 Å². The summed E-state index contributed by atoms with van der Waals surface area (Å²) in [5, 5.41) is 3.43. The molecule has 1 aliphatic heterocycles. The normalized spacial score (nSPS) is 28.3. The van der Waals surface area contributed by atoms with Crippen LogP contribution < -0.4 is 5.32 Å². The summed E-state index contributed by atoms with van der Waals surface area (Å²) in [5.74, 6) is 0. The fraction of sp³-hybridized carbons (Fsp3) is 0.733. The molecule has 0 radical (unpaired) electrons. The van der Waals surface area contributed by atoms with Crippen LogP contribution in [0.1, 0.15) is 30.0 Å². The van der Waals surface area contributed by atoms with Crippen LogP contribution in [0.5, 0.6) is 0 Å². The van der Waals surface area contributed by atoms with Crippen molar-refractivity contribution in [2.75, 3.05) is 33.8 Å². The number of aromatic nitrogens is 1. The van der Waals surface area contributed by atoms with E-state index in [2.05, 4.69) is 41.3 Å². The lowest BCUT2D eigenvalue weighted by Gasteiger charge is -2.30. The van der Waals surface area contributed by atoms with Gasteiger partial charge in [0.1, 0.15) is 0 Å². The third-order valence-electron chi connectivity index (χ3n) is 4.42. The summed E-state index contributed by atoms with van der Waals surface area (Å²) in [4.78, 5) is 2.36. The second kappa shape index (κ2) is 5.65. The van der Waals surface area contributed by atoms with Gasteiger partial charge < -0.3 is 19.5 Å². The van der Waals surface area contributed by atoms with Crippen LogP contribution >= 0.6 is 0 Å². The van der Waals surface area contributed by atoms with Crippen molar-refractivity contribution >= 4 is 0 Å². The molecule has 4 heteroatoms. The zero-order valence-corrected chi connectivity index (χ0v) is 12.1. The second-order valence-electron chi connectivity index (χ2n) is 5.92. The minimum absolute atomic E-state index is 0.334. The van der Waals surface area contributed by atoms with E-state index in [0.717, 1.165) is 26.2 Å². The smallest absolute Gasteiger partial charge is 0.0880 e. The van der Waals surface area contributed by atoms with E-state index >= 15 is 0 Å². The standard InChI is InChI=1S/C15H25N3O/c1-16-15-5-3-4-12-8-18(11-14(12)15)10-13-9-17(2)6-7-19-13/h8,11,13,15-16H,3-7,9-10H2,1-2H3. The molecule has 106 valence electrons. The lowest BCUT2D eigenvalue weighted by atomic mass is 9.91. The van der Waals surface area contributed by atoms with Crippen LogP contribution in [0.2, 0.25) is 0 Å². The highest BCUT2D eigenvalue weighted by Gasteiger charge is 2.23. The van der Waals surface area contributed by atoms with E-state index in [4.69, 9.17) is 4.74 Å². The zero-order chi connectivity index (χ0) is 13.2. The van der Waals surface area contributed by atoms with Crippen LogP contribution in [0, 0.1) is 0 Å². The van der Waals surface area contributed by atoms with E-state index in [1.807, 2.05) is 0 Å². The van der Waals surface area contributed by atoms with Gasteiger partial charge in [-0.05, 0) is 44.5 Å². The molecule has 2 aliphatic rings. The van der Waals surface area contributed by atoms with Crippen molar-refractivity contribution in [2.45, 2.75) is 38.0 Å². The van der Waals surface area contributed by atoms with Gasteiger partial charge in [-0.3, -0.25) is 0 Å². The molecule has 19 heavy (non-hydrogen) atoms. The van der Waals surface area contributed by atoms with Crippen LogP contribution in [0.25, 0.3) is 0 Å². The van der Waals surface area contributed by atoms with Gasteiger partial charge in [0.05, 0.1) is 12.7 Å². The molecule has 2 heterocycles. The zero-order valence-electron chi connectivity index (χ0n) is 12.1. The van der Waals surface area contributed by atoms with Crippen molar-refractivity contribution in [1.82, 2.24) is 14.8 Å². The van der Waals surface area contributed by atoms with Gasteiger partial charge in [-0.1, -0.05) is 0 Å². The lowest BCUT2D eigenvalue weighted by Crippen LogP contribution is -2.41. The van der Waals surface area contributed by atoms with E-state index < -0.39 is 0 Å². The van der Waals surface area contributed by atoms with Crippen LogP contribution in [0.3, 0.4) is 0 Å². The molecule has 4 nitrogen and oxygen atoms in total. The van der Waals surface area contributed by atoms with Gasteiger partial charge in [-0.25, -0.2) is 0 Å². The Bertz CT molecular complexity index is 429. The Morgan fingerprint density at radius 1 is 1.42 bits per heavy atom. The number of nitrogens with zero attached hydrogens (tertiary/aromatic N) is 2. The number of morpholine rings is 1. The molecule has 0 aromatic carbocycles. The second-order valence-corrected chi connectivity index (χ2v) is 5.92. The Kier molecular flexibility index (Phi) is 3.91. The molecule has 3 rings (SSSR count). The maximum atomic E-state index is 5.86. The number of ether oxygens (including phenoxy) is 1. The average molecular weight is 263 g/mol. The van der Waals surface area contributed by atoms with Gasteiger partial charge in [-0.15, -0.1) is 0 Å². The first kappa shape index (κ1) is 13.2. The minimum atomic E-state index is 0.334. The average Bonchev–Trinajstić information content (AvgIpc) is 2.80. The topological polar surface area (TPSA) is 29.4 Å². The van der Waals surface area contributed by atoms with Crippen LogP contribution in [0.15, 0.2) is 12.4 Å². The summed E-state index contributed by atoms with van der Waals surface area (Å²) in [7, 11) is 4.24. The Hall–Kier alpha value is -0.840. The Balaban J connectivity index is 1.70. The molecule has 0 spiro atoms. The quantitative estimate of drug-likeness (QED) is 0.894. The summed E-state index contributed by atoms with van der Waals surface area (Å²) < 4.78 is 8.20. The lowest BCUT2D eigenvalue weighted by molar-refractivity contribution is -0.0274. The Morgan fingerprint density at radius 3 is 3.11 bits per heavy atom. The fourth-order valence-corrected chi connectivity index (χ4v) is 3.37. The number of likely N-dealkylation sites (N-methyl/N-ethyl adjacent to an activating group) is 1. The summed E-state index contributed by atoms with van der Waals surface area (Å²) in [6.45, 7) is 3.94. The first-order chi connectivity index (χ1) is 9.26. The van der Waals surface area contributed by atoms with Crippen molar-refractivity contribution in [3.8, 4) is 0 Å².